The van der Waals surface area contributed by atoms with Crippen LogP contribution < -0.4 is 19.7 Å². The van der Waals surface area contributed by atoms with E-state index in [1.807, 2.05) is 24.3 Å². The number of amides is 1. The van der Waals surface area contributed by atoms with Crippen molar-refractivity contribution in [2.75, 3.05) is 45.4 Å². The second-order valence-electron chi connectivity index (χ2n) is 6.28. The summed E-state index contributed by atoms with van der Waals surface area (Å²) in [6.07, 6.45) is 4.99. The predicted molar refractivity (Wildman–Crippen MR) is 108 cm³/mol. The Morgan fingerprint density at radius 1 is 1.21 bits per heavy atom. The van der Waals surface area contributed by atoms with Gasteiger partial charge in [-0.2, -0.15) is 0 Å². The molecule has 1 fully saturated rings. The average molecular weight is 383 g/mol. The molecule has 1 saturated heterocycles. The molecule has 0 radical (unpaired) electrons. The maximum atomic E-state index is 12.1. The molecule has 3 rings (SSSR count). The highest BCUT2D eigenvalue weighted by atomic mass is 16.5. The van der Waals surface area contributed by atoms with Crippen LogP contribution >= 0.6 is 0 Å². The van der Waals surface area contributed by atoms with Gasteiger partial charge < -0.3 is 24.4 Å². The Bertz CT molecular complexity index is 815. The fourth-order valence-corrected chi connectivity index (χ4v) is 2.87. The molecule has 1 aliphatic rings. The van der Waals surface area contributed by atoms with Gasteiger partial charge in [0.05, 0.1) is 27.4 Å². The summed E-state index contributed by atoms with van der Waals surface area (Å²) >= 11 is 0. The van der Waals surface area contributed by atoms with Crippen molar-refractivity contribution >= 4 is 17.8 Å². The Morgan fingerprint density at radius 2 is 2.04 bits per heavy atom. The summed E-state index contributed by atoms with van der Waals surface area (Å²) < 4.78 is 15.9. The number of pyridine rings is 1. The van der Waals surface area contributed by atoms with Crippen molar-refractivity contribution < 1.29 is 19.0 Å². The topological polar surface area (TPSA) is 72.9 Å². The number of nitrogens with zero attached hydrogens (tertiary/aromatic N) is 2. The van der Waals surface area contributed by atoms with Crippen molar-refractivity contribution in [2.24, 2.45) is 0 Å². The van der Waals surface area contributed by atoms with Gasteiger partial charge >= 0.3 is 0 Å². The average Bonchev–Trinajstić information content (AvgIpc) is 2.77. The molecule has 2 heterocycles. The van der Waals surface area contributed by atoms with Crippen LogP contribution in [0.5, 0.6) is 11.5 Å². The first-order valence-electron chi connectivity index (χ1n) is 9.15. The lowest BCUT2D eigenvalue weighted by molar-refractivity contribution is -0.116. The van der Waals surface area contributed by atoms with E-state index in [0.29, 0.717) is 18.0 Å². The standard InChI is InChI=1S/C21H25N3O4/c1-26-18-6-4-17(19(13-18)27-2)5-8-21(25)23-15-16-3-7-20(22-14-16)24-9-11-28-12-10-24/h3-8,13-14H,9-12,15H2,1-2H3,(H,23,25)/b8-5+. The normalized spacial score (nSPS) is 14.1. The van der Waals surface area contributed by atoms with E-state index in [4.69, 9.17) is 14.2 Å². The first-order valence-corrected chi connectivity index (χ1v) is 9.15. The Morgan fingerprint density at radius 3 is 2.71 bits per heavy atom. The second-order valence-corrected chi connectivity index (χ2v) is 6.28. The molecule has 0 spiro atoms. The minimum Gasteiger partial charge on any atom is -0.497 e. The third-order valence-electron chi connectivity index (χ3n) is 4.47. The summed E-state index contributed by atoms with van der Waals surface area (Å²) in [4.78, 5) is 18.8. The Hall–Kier alpha value is -3.06. The van der Waals surface area contributed by atoms with E-state index in [2.05, 4.69) is 15.2 Å². The number of methoxy groups -OCH3 is 2. The van der Waals surface area contributed by atoms with Crippen LogP contribution in [0.3, 0.4) is 0 Å². The number of rotatable bonds is 7. The summed E-state index contributed by atoms with van der Waals surface area (Å²) in [5.41, 5.74) is 1.75. The molecule has 1 amide bonds. The Labute approximate surface area is 164 Å². The van der Waals surface area contributed by atoms with E-state index < -0.39 is 0 Å². The molecule has 1 N–H and O–H groups in total. The van der Waals surface area contributed by atoms with E-state index >= 15 is 0 Å². The van der Waals surface area contributed by atoms with Crippen molar-refractivity contribution in [3.8, 4) is 11.5 Å². The van der Waals surface area contributed by atoms with E-state index in [1.54, 1.807) is 32.6 Å². The van der Waals surface area contributed by atoms with Crippen LogP contribution in [0.15, 0.2) is 42.6 Å². The lowest BCUT2D eigenvalue weighted by Crippen LogP contribution is -2.36. The van der Waals surface area contributed by atoms with Crippen LogP contribution in [-0.4, -0.2) is 51.4 Å². The van der Waals surface area contributed by atoms with Gasteiger partial charge in [0.1, 0.15) is 17.3 Å². The molecule has 0 aliphatic carbocycles. The molecule has 28 heavy (non-hydrogen) atoms. The Kier molecular flexibility index (Phi) is 6.86. The first-order chi connectivity index (χ1) is 13.7. The smallest absolute Gasteiger partial charge is 0.244 e. The molecule has 148 valence electrons. The zero-order chi connectivity index (χ0) is 19.8. The number of nitrogens with one attached hydrogen (secondary N) is 1. The molecule has 2 aromatic rings. The van der Waals surface area contributed by atoms with E-state index in [-0.39, 0.29) is 5.91 Å². The largest absolute Gasteiger partial charge is 0.497 e. The first kappa shape index (κ1) is 19.7. The number of anilines is 1. The number of carbonyl (C=O) groups excluding carboxylic acids is 1. The van der Waals surface area contributed by atoms with Gasteiger partial charge in [0.25, 0.3) is 0 Å². The predicted octanol–water partition coefficient (Wildman–Crippen LogP) is 2.27. The number of morpholine rings is 1. The molecule has 1 aliphatic heterocycles. The maximum absolute atomic E-state index is 12.1. The molecule has 0 saturated carbocycles. The van der Waals surface area contributed by atoms with Crippen molar-refractivity contribution in [2.45, 2.75) is 6.54 Å². The van der Waals surface area contributed by atoms with Crippen LogP contribution in [0.1, 0.15) is 11.1 Å². The lowest BCUT2D eigenvalue weighted by atomic mass is 10.1. The highest BCUT2D eigenvalue weighted by molar-refractivity contribution is 5.92. The summed E-state index contributed by atoms with van der Waals surface area (Å²) in [5.74, 6) is 2.10. The molecule has 7 nitrogen and oxygen atoms in total. The van der Waals surface area contributed by atoms with Crippen LogP contribution in [0.4, 0.5) is 5.82 Å². The number of carbonyl (C=O) groups is 1. The van der Waals surface area contributed by atoms with Crippen molar-refractivity contribution in [3.05, 3.63) is 53.7 Å². The second kappa shape index (κ2) is 9.75. The zero-order valence-corrected chi connectivity index (χ0v) is 16.2. The number of aromatic nitrogens is 1. The van der Waals surface area contributed by atoms with Gasteiger partial charge in [-0.15, -0.1) is 0 Å². The quantitative estimate of drug-likeness (QED) is 0.740. The molecular formula is C21H25N3O4. The summed E-state index contributed by atoms with van der Waals surface area (Å²) in [6.45, 7) is 3.57. The number of benzene rings is 1. The number of hydrogen-bond acceptors (Lipinski definition) is 6. The van der Waals surface area contributed by atoms with E-state index in [0.717, 1.165) is 43.2 Å². The number of ether oxygens (including phenoxy) is 3. The fourth-order valence-electron chi connectivity index (χ4n) is 2.87. The third kappa shape index (κ3) is 5.23. The molecule has 1 aromatic heterocycles. The lowest BCUT2D eigenvalue weighted by Gasteiger charge is -2.27. The van der Waals surface area contributed by atoms with Gasteiger partial charge in [-0.25, -0.2) is 4.98 Å². The molecule has 0 atom stereocenters. The van der Waals surface area contributed by atoms with Crippen molar-refractivity contribution in [3.63, 3.8) is 0 Å². The molecular weight excluding hydrogens is 358 g/mol. The van der Waals surface area contributed by atoms with Gasteiger partial charge in [0.2, 0.25) is 5.91 Å². The van der Waals surface area contributed by atoms with E-state index in [9.17, 15) is 4.79 Å². The molecule has 0 bridgehead atoms. The minimum absolute atomic E-state index is 0.185. The summed E-state index contributed by atoms with van der Waals surface area (Å²) in [7, 11) is 3.18. The van der Waals surface area contributed by atoms with Gasteiger partial charge in [0.15, 0.2) is 0 Å². The van der Waals surface area contributed by atoms with Crippen molar-refractivity contribution in [1.29, 1.82) is 0 Å². The third-order valence-corrected chi connectivity index (χ3v) is 4.47. The van der Waals surface area contributed by atoms with E-state index in [1.165, 1.54) is 6.08 Å². The SMILES string of the molecule is COc1ccc(/C=C/C(=O)NCc2ccc(N3CCOCC3)nc2)c(OC)c1. The highest BCUT2D eigenvalue weighted by Gasteiger charge is 2.12. The fraction of sp³-hybridized carbons (Fsp3) is 0.333. The maximum Gasteiger partial charge on any atom is 0.244 e. The summed E-state index contributed by atoms with van der Waals surface area (Å²) in [5, 5.41) is 2.86. The number of hydrogen-bond donors (Lipinski definition) is 1. The summed E-state index contributed by atoms with van der Waals surface area (Å²) in [6, 6.07) is 9.40. The van der Waals surface area contributed by atoms with Crippen LogP contribution in [-0.2, 0) is 16.1 Å². The zero-order valence-electron chi connectivity index (χ0n) is 16.2. The highest BCUT2D eigenvalue weighted by Crippen LogP contribution is 2.25. The minimum atomic E-state index is -0.185. The van der Waals surface area contributed by atoms with Gasteiger partial charge in [-0.1, -0.05) is 6.07 Å². The van der Waals surface area contributed by atoms with Crippen molar-refractivity contribution in [1.82, 2.24) is 10.3 Å². The van der Waals surface area contributed by atoms with Crippen LogP contribution in [0.25, 0.3) is 6.08 Å². The monoisotopic (exact) mass is 383 g/mol. The molecule has 7 heteroatoms. The molecule has 1 aromatic carbocycles. The Balaban J connectivity index is 1.53. The van der Waals surface area contributed by atoms with Gasteiger partial charge in [0, 0.05) is 43.5 Å². The van der Waals surface area contributed by atoms with Gasteiger partial charge in [-0.3, -0.25) is 4.79 Å². The molecule has 0 unspecified atom stereocenters. The van der Waals surface area contributed by atoms with Crippen LogP contribution in [0.2, 0.25) is 0 Å². The van der Waals surface area contributed by atoms with Crippen LogP contribution in [0, 0.1) is 0 Å². The van der Waals surface area contributed by atoms with Gasteiger partial charge in [-0.05, 0) is 29.8 Å².